The molecule has 67 heavy (non-hydrogen) atoms. The van der Waals surface area contributed by atoms with Crippen LogP contribution in [0.4, 0.5) is 8.78 Å². The van der Waals surface area contributed by atoms with Gasteiger partial charge in [0.25, 0.3) is 5.92 Å². The number of carbonyl (C=O) groups excluding carboxylic acids is 2. The van der Waals surface area contributed by atoms with Crippen LogP contribution in [0.15, 0.2) is 0 Å². The average molecular weight is 955 g/mol. The van der Waals surface area contributed by atoms with Crippen LogP contribution in [0.1, 0.15) is 310 Å². The van der Waals surface area contributed by atoms with Crippen LogP contribution in [0.2, 0.25) is 0 Å². The lowest BCUT2D eigenvalue weighted by molar-refractivity contribution is -0.132. The van der Waals surface area contributed by atoms with Gasteiger partial charge in [-0.25, -0.2) is 8.78 Å². The Balaban J connectivity index is 4.66. The Kier molecular flexibility index (Phi) is 50.1. The van der Waals surface area contributed by atoms with Crippen LogP contribution in [0.5, 0.6) is 0 Å². The second-order valence-corrected chi connectivity index (χ2v) is 21.0. The minimum absolute atomic E-state index is 0.319. The molecule has 0 spiro atoms. The molecule has 0 unspecified atom stereocenters. The molecule has 0 saturated heterocycles. The van der Waals surface area contributed by atoms with E-state index in [9.17, 15) is 23.5 Å². The molecule has 0 atom stereocenters. The highest BCUT2D eigenvalue weighted by molar-refractivity contribution is 5.76. The first-order chi connectivity index (χ1) is 32.7. The van der Waals surface area contributed by atoms with Gasteiger partial charge in [0.05, 0.1) is 6.54 Å². The van der Waals surface area contributed by atoms with Crippen molar-refractivity contribution in [2.45, 2.75) is 316 Å². The van der Waals surface area contributed by atoms with Crippen LogP contribution in [0, 0.1) is 0 Å². The van der Waals surface area contributed by atoms with E-state index in [-0.39, 0.29) is 0 Å². The van der Waals surface area contributed by atoms with Gasteiger partial charge in [0.1, 0.15) is 6.61 Å². The molecule has 1 N–H and O–H groups in total. The summed E-state index contributed by atoms with van der Waals surface area (Å²) in [6, 6.07) is 0. The van der Waals surface area contributed by atoms with Crippen molar-refractivity contribution in [2.24, 2.45) is 0 Å². The first kappa shape index (κ1) is 65.7. The van der Waals surface area contributed by atoms with Gasteiger partial charge in [-0.2, -0.15) is 0 Å². The van der Waals surface area contributed by atoms with Crippen molar-refractivity contribution in [3.63, 3.8) is 0 Å². The fourth-order valence-corrected chi connectivity index (χ4v) is 9.72. The fraction of sp³-hybridized carbons (Fsp3) is 0.966. The van der Waals surface area contributed by atoms with Crippen LogP contribution < -0.4 is 0 Å². The van der Waals surface area contributed by atoms with Gasteiger partial charge in [0.15, 0.2) is 0 Å². The van der Waals surface area contributed by atoms with E-state index in [1.807, 2.05) is 4.90 Å². The molecule has 0 aliphatic rings. The molecule has 400 valence electrons. The Bertz CT molecular complexity index is 922. The van der Waals surface area contributed by atoms with Gasteiger partial charge in [-0.1, -0.05) is 246 Å². The number of halogens is 2. The third-order valence-electron chi connectivity index (χ3n) is 14.2. The number of hydrogen-bond acceptors (Lipinski definition) is 4. The van der Waals surface area contributed by atoms with Gasteiger partial charge in [-0.15, -0.1) is 0 Å². The highest BCUT2D eigenvalue weighted by Crippen LogP contribution is 2.19. The smallest absolute Gasteiger partial charge is 0.283 e. The van der Waals surface area contributed by atoms with E-state index < -0.39 is 19.1 Å². The van der Waals surface area contributed by atoms with E-state index in [2.05, 4.69) is 37.5 Å². The fourth-order valence-electron chi connectivity index (χ4n) is 9.72. The van der Waals surface area contributed by atoms with Crippen molar-refractivity contribution in [3.05, 3.63) is 0 Å². The SMILES string of the molecule is CCCCCCCCCCN(CCCCCCCCCC)C(=O)CCCCCCCN(CCCCCCCC(=O)N(CCCCCCCCCC)CCCCCCCCCC)CC(F)(F)CO. The van der Waals surface area contributed by atoms with E-state index in [1.165, 1.54) is 180 Å². The lowest BCUT2D eigenvalue weighted by atomic mass is 10.1. The molecular weight excluding hydrogens is 837 g/mol. The van der Waals surface area contributed by atoms with Gasteiger partial charge in [-0.05, 0) is 64.5 Å². The maximum atomic E-state index is 14.4. The zero-order chi connectivity index (χ0) is 49.2. The topological polar surface area (TPSA) is 64.1 Å². The highest BCUT2D eigenvalue weighted by Gasteiger charge is 2.30. The van der Waals surface area contributed by atoms with Crippen LogP contribution in [0.25, 0.3) is 0 Å². The first-order valence-electron chi connectivity index (χ1n) is 30.0. The molecule has 0 aromatic carbocycles. The second-order valence-electron chi connectivity index (χ2n) is 21.0. The third kappa shape index (κ3) is 45.6. The molecule has 0 aliphatic heterocycles. The summed E-state index contributed by atoms with van der Waals surface area (Å²) in [5.41, 5.74) is 0. The summed E-state index contributed by atoms with van der Waals surface area (Å²) in [5.74, 6) is -2.45. The minimum Gasteiger partial charge on any atom is -0.390 e. The number of aliphatic hydroxyl groups is 1. The highest BCUT2D eigenvalue weighted by atomic mass is 19.3. The molecule has 0 bridgehead atoms. The normalized spacial score (nSPS) is 11.9. The van der Waals surface area contributed by atoms with Crippen molar-refractivity contribution in [3.8, 4) is 0 Å². The predicted octanol–water partition coefficient (Wildman–Crippen LogP) is 17.8. The number of nitrogens with zero attached hydrogens (tertiary/aromatic N) is 3. The van der Waals surface area contributed by atoms with Crippen LogP contribution >= 0.6 is 0 Å². The van der Waals surface area contributed by atoms with Gasteiger partial charge in [0.2, 0.25) is 11.8 Å². The van der Waals surface area contributed by atoms with E-state index in [0.717, 1.165) is 116 Å². The molecule has 8 heteroatoms. The Hall–Kier alpha value is -1.28. The molecule has 0 fully saturated rings. The zero-order valence-electron chi connectivity index (χ0n) is 45.6. The van der Waals surface area contributed by atoms with Crippen molar-refractivity contribution in [1.29, 1.82) is 0 Å². The Labute approximate surface area is 417 Å². The quantitative estimate of drug-likeness (QED) is 0.0617. The molecule has 0 aromatic rings. The van der Waals surface area contributed by atoms with Gasteiger partial charge in [-0.3, -0.25) is 14.5 Å². The van der Waals surface area contributed by atoms with Gasteiger partial charge < -0.3 is 14.9 Å². The summed E-state index contributed by atoms with van der Waals surface area (Å²) < 4.78 is 28.7. The van der Waals surface area contributed by atoms with E-state index in [1.54, 1.807) is 0 Å². The molecule has 6 nitrogen and oxygen atoms in total. The van der Waals surface area contributed by atoms with Crippen molar-refractivity contribution < 1.29 is 23.5 Å². The number of amides is 2. The predicted molar refractivity (Wildman–Crippen MR) is 287 cm³/mol. The van der Waals surface area contributed by atoms with Crippen LogP contribution in [-0.4, -0.2) is 90.0 Å². The van der Waals surface area contributed by atoms with Gasteiger partial charge >= 0.3 is 0 Å². The summed E-state index contributed by atoms with van der Waals surface area (Å²) in [5, 5.41) is 9.34. The van der Waals surface area contributed by atoms with Crippen molar-refractivity contribution in [2.75, 3.05) is 52.4 Å². The first-order valence-corrected chi connectivity index (χ1v) is 30.0. The molecular formula is C59H117F2N3O3. The van der Waals surface area contributed by atoms with Crippen molar-refractivity contribution >= 4 is 11.8 Å². The number of carbonyl (C=O) groups is 2. The summed E-state index contributed by atoms with van der Waals surface area (Å²) in [7, 11) is 0. The molecule has 0 aromatic heterocycles. The Morgan fingerprint density at radius 3 is 0.776 bits per heavy atom. The maximum absolute atomic E-state index is 14.4. The Morgan fingerprint density at radius 2 is 0.537 bits per heavy atom. The van der Waals surface area contributed by atoms with E-state index in [0.29, 0.717) is 37.7 Å². The van der Waals surface area contributed by atoms with Gasteiger partial charge in [0, 0.05) is 39.0 Å². The van der Waals surface area contributed by atoms with Crippen molar-refractivity contribution in [1.82, 2.24) is 14.7 Å². The summed E-state index contributed by atoms with van der Waals surface area (Å²) in [6.45, 7) is 12.4. The zero-order valence-corrected chi connectivity index (χ0v) is 45.6. The van der Waals surface area contributed by atoms with E-state index >= 15 is 0 Å². The van der Waals surface area contributed by atoms with E-state index in [4.69, 9.17) is 0 Å². The molecule has 0 aliphatic carbocycles. The maximum Gasteiger partial charge on any atom is 0.283 e. The van der Waals surface area contributed by atoms with Crippen LogP contribution in [-0.2, 0) is 9.59 Å². The lowest BCUT2D eigenvalue weighted by Crippen LogP contribution is -2.40. The Morgan fingerprint density at radius 1 is 0.328 bits per heavy atom. The largest absolute Gasteiger partial charge is 0.390 e. The number of rotatable bonds is 55. The minimum atomic E-state index is -3.09. The molecule has 0 saturated carbocycles. The monoisotopic (exact) mass is 954 g/mol. The number of unbranched alkanes of at least 4 members (excludes halogenated alkanes) is 36. The lowest BCUT2D eigenvalue weighted by Gasteiger charge is -2.26. The average Bonchev–Trinajstić information content (AvgIpc) is 3.32. The summed E-state index contributed by atoms with van der Waals surface area (Å²) >= 11 is 0. The number of hydrogen-bond donors (Lipinski definition) is 1. The molecule has 2 amide bonds. The molecule has 0 radical (unpaired) electrons. The molecule has 0 heterocycles. The second kappa shape index (κ2) is 51.1. The summed E-state index contributed by atoms with van der Waals surface area (Å²) in [6.07, 6.45) is 51.7. The standard InChI is InChI=1S/C59H117F2N3O3/c1-5-9-13-17-21-25-35-43-51-63(52-44-36-26-22-18-14-10-6-2)57(66)47-39-31-29-33-41-49-62(55-59(60,61)56-65)50-42-34-30-32-40-48-58(67)64(53-45-37-27-23-19-15-11-7-3)54-46-38-28-24-20-16-12-8-4/h65H,5-56H2,1-4H3. The molecule has 0 rings (SSSR count). The van der Waals surface area contributed by atoms with Crippen LogP contribution in [0.3, 0.4) is 0 Å². The third-order valence-corrected chi connectivity index (χ3v) is 14.2. The number of aliphatic hydroxyl groups excluding tert-OH is 1. The number of alkyl halides is 2. The summed E-state index contributed by atoms with van der Waals surface area (Å²) in [4.78, 5) is 32.9.